The van der Waals surface area contributed by atoms with Crippen LogP contribution < -0.4 is 11.6 Å². The maximum absolute atomic E-state index is 14.5. The molecule has 0 spiro atoms. The second-order valence-corrected chi connectivity index (χ2v) is 22.7. The van der Waals surface area contributed by atoms with Crippen molar-refractivity contribution in [1.82, 2.24) is 14.8 Å². The van der Waals surface area contributed by atoms with Crippen LogP contribution in [-0.4, -0.2) is 177 Å². The van der Waals surface area contributed by atoms with Crippen molar-refractivity contribution >= 4 is 5.97 Å². The molecule has 0 aromatic heterocycles. The second kappa shape index (κ2) is 27.2. The monoisotopic (exact) mass is 1060 g/mol. The van der Waals surface area contributed by atoms with Gasteiger partial charge in [0.25, 0.3) is 0 Å². The van der Waals surface area contributed by atoms with Crippen molar-refractivity contribution in [3.05, 3.63) is 71.6 Å². The van der Waals surface area contributed by atoms with E-state index in [0.717, 1.165) is 22.4 Å². The lowest BCUT2D eigenvalue weighted by Crippen LogP contribution is -2.59. The van der Waals surface area contributed by atoms with Crippen LogP contribution in [0.25, 0.3) is 11.1 Å². The quantitative estimate of drug-likeness (QED) is 0.0547. The lowest BCUT2D eigenvalue weighted by molar-refractivity contribution is -0.309. The topological polar surface area (TPSA) is 261 Å². The summed E-state index contributed by atoms with van der Waals surface area (Å²) in [4.78, 5) is 18.6. The third kappa shape index (κ3) is 15.4. The Morgan fingerprint density at radius 1 is 0.987 bits per heavy atom. The molecule has 3 aliphatic heterocycles. The largest absolute Gasteiger partial charge is 0.459 e. The normalized spacial score (nSPS) is 37.0. The third-order valence-corrected chi connectivity index (χ3v) is 16.6. The Balaban J connectivity index is 1.38. The van der Waals surface area contributed by atoms with Crippen LogP contribution in [0.5, 0.6) is 0 Å². The van der Waals surface area contributed by atoms with E-state index in [1.807, 2.05) is 69.2 Å². The first-order valence-corrected chi connectivity index (χ1v) is 27.1. The molecule has 2 aromatic rings. The molecule has 0 amide bonds. The number of hydrogen-bond acceptors (Lipinski definition) is 17. The Labute approximate surface area is 452 Å². The fourth-order valence-corrected chi connectivity index (χ4v) is 11.4. The van der Waals surface area contributed by atoms with Crippen LogP contribution in [0.2, 0.25) is 0 Å². The molecule has 10 N–H and O–H groups in total. The van der Waals surface area contributed by atoms with E-state index in [-0.39, 0.29) is 43.9 Å². The molecule has 18 heteroatoms. The molecule has 3 fully saturated rings. The number of hydrazine groups is 1. The van der Waals surface area contributed by atoms with Gasteiger partial charge in [-0.1, -0.05) is 63.1 Å². The summed E-state index contributed by atoms with van der Waals surface area (Å²) in [5, 5.41) is 68.7. The van der Waals surface area contributed by atoms with Crippen molar-refractivity contribution in [2.45, 2.75) is 197 Å². The molecule has 3 saturated heterocycles. The molecule has 18 atom stereocenters. The predicted molar refractivity (Wildman–Crippen MR) is 288 cm³/mol. The van der Waals surface area contributed by atoms with E-state index in [4.69, 9.17) is 45.9 Å². The van der Waals surface area contributed by atoms with Gasteiger partial charge in [0.15, 0.2) is 18.2 Å². The van der Waals surface area contributed by atoms with Gasteiger partial charge in [0.2, 0.25) is 0 Å². The van der Waals surface area contributed by atoms with Crippen LogP contribution in [0.1, 0.15) is 112 Å². The zero-order chi connectivity index (χ0) is 56.4. The number of benzene rings is 2. The molecule has 5 rings (SSSR count). The number of likely N-dealkylation sites (N-methyl/N-ethyl adjacent to an activating group) is 1. The molecule has 0 aliphatic carbocycles. The number of cyclic esters (lactones) is 1. The van der Waals surface area contributed by atoms with E-state index in [2.05, 4.69) is 22.6 Å². The van der Waals surface area contributed by atoms with Crippen LogP contribution in [-0.2, 0) is 39.6 Å². The molecular formula is C58H91N6O12+. The summed E-state index contributed by atoms with van der Waals surface area (Å²) in [5.74, 6) is 6.32. The first-order valence-electron chi connectivity index (χ1n) is 27.1. The number of esters is 1. The van der Waals surface area contributed by atoms with Crippen molar-refractivity contribution in [2.75, 3.05) is 40.9 Å². The first kappa shape index (κ1) is 62.8. The average Bonchev–Trinajstić information content (AvgIpc) is 3.39. The van der Waals surface area contributed by atoms with E-state index in [9.17, 15) is 30.3 Å². The minimum atomic E-state index is -1.96. The summed E-state index contributed by atoms with van der Waals surface area (Å²) in [7, 11) is 5.35. The van der Waals surface area contributed by atoms with E-state index in [1.54, 1.807) is 59.9 Å². The van der Waals surface area contributed by atoms with E-state index >= 15 is 0 Å². The standard InChI is InChI=1S/C58H90N6O12/c1-14-48-57(10,69)52(66)39(7)63(12)32-35(3)29-58(70,15-2)54(37(5)51(38(6)55(68)74-48)75-50-30-56(9,71-13)53(67)40(8)73-50)76-49-28-46(26-36(4)72-49)62(11)25-24-45(60)33-64(61)47(34-65)27-41-16-20-43(21-17-41)44-22-18-42(31-59)19-23-44/h2,16-23,33,35-40,46-54,65-67,69-70H,14,24-30,32,34,60-61H2,1,3-13H3/p+1/b45-33-/t35-,36-,37+,38-,39-,40+,46+,47+,48-,49+,50+,51+,52-,53+,54-,56-,57-,58-/m1/s1. The van der Waals surface area contributed by atoms with Crippen LogP contribution in [0.4, 0.5) is 0 Å². The molecule has 3 heterocycles. The van der Waals surface area contributed by atoms with Crippen LogP contribution in [0, 0.1) is 41.4 Å². The fraction of sp³-hybridized carbons (Fsp3) is 0.690. The zero-order valence-corrected chi connectivity index (χ0v) is 47.2. The number of nitrogens with zero attached hydrogens (tertiary/aromatic N) is 4. The smallest absolute Gasteiger partial charge is 0.311 e. The van der Waals surface area contributed by atoms with Crippen molar-refractivity contribution in [1.29, 1.82) is 5.26 Å². The number of ether oxygens (including phenoxy) is 6. The molecule has 0 bridgehead atoms. The van der Waals surface area contributed by atoms with Gasteiger partial charge in [-0.05, 0) is 116 Å². The second-order valence-electron chi connectivity index (χ2n) is 22.7. The SMILES string of the molecule is C#C[C@@]1(O)C[C@@H](C)CN(C)[C@H](C)[C@@H](O)[C@](C)(O)[C@@H](CC)OC(=O)[C@H](C)[C@@H](O[C@H]2C[C@@](C)(OC)[C@@H](O)[C@H](C)O2)[C@H](C)[C@H]1O[C@H]1C[C@@H](N(C)CC/C([NH3+])=C/N(N)[C@H](CO)Cc2ccc(-c3ccc(C#N)cc3)cc2)C[C@@H](C)O1. The number of methoxy groups -OCH3 is 1. The van der Waals surface area contributed by atoms with Crippen LogP contribution in [0.15, 0.2) is 60.4 Å². The maximum Gasteiger partial charge on any atom is 0.311 e. The molecule has 2 aromatic carbocycles. The third-order valence-electron chi connectivity index (χ3n) is 16.6. The van der Waals surface area contributed by atoms with Crippen molar-refractivity contribution in [3.8, 4) is 29.5 Å². The molecule has 76 heavy (non-hydrogen) atoms. The number of terminal acetylenes is 1. The highest BCUT2D eigenvalue weighted by molar-refractivity contribution is 5.73. The van der Waals surface area contributed by atoms with Crippen molar-refractivity contribution < 1.29 is 64.5 Å². The minimum absolute atomic E-state index is 0.0417. The number of nitrogens with two attached hydrogens (primary N) is 1. The Kier molecular flexibility index (Phi) is 22.5. The maximum atomic E-state index is 14.5. The number of quaternary nitrogens is 1. The summed E-state index contributed by atoms with van der Waals surface area (Å²) in [6, 6.07) is 16.6. The lowest BCUT2D eigenvalue weighted by Gasteiger charge is -2.48. The van der Waals surface area contributed by atoms with E-state index < -0.39 is 95.9 Å². The van der Waals surface area contributed by atoms with Gasteiger partial charge in [0.05, 0.1) is 60.3 Å². The zero-order valence-electron chi connectivity index (χ0n) is 47.2. The van der Waals surface area contributed by atoms with Crippen molar-refractivity contribution in [2.24, 2.45) is 23.6 Å². The van der Waals surface area contributed by atoms with Crippen LogP contribution >= 0.6 is 0 Å². The number of nitriles is 1. The van der Waals surface area contributed by atoms with Gasteiger partial charge < -0.3 is 74.5 Å². The summed E-state index contributed by atoms with van der Waals surface area (Å²) in [5.41, 5.74) is 3.82. The van der Waals surface area contributed by atoms with Gasteiger partial charge in [-0.2, -0.15) is 5.26 Å². The lowest BCUT2D eigenvalue weighted by atomic mass is 9.77. The number of rotatable bonds is 16. The van der Waals surface area contributed by atoms with Gasteiger partial charge >= 0.3 is 5.97 Å². The molecule has 3 aliphatic rings. The summed E-state index contributed by atoms with van der Waals surface area (Å²) in [6.45, 7) is 16.7. The molecular weight excluding hydrogens is 973 g/mol. The Morgan fingerprint density at radius 2 is 1.62 bits per heavy atom. The number of carbonyl (C=O) groups excluding carboxylic acids is 1. The van der Waals surface area contributed by atoms with Gasteiger partial charge in [0, 0.05) is 57.5 Å². The Morgan fingerprint density at radius 3 is 2.20 bits per heavy atom. The van der Waals surface area contributed by atoms with Crippen molar-refractivity contribution in [3.63, 3.8) is 0 Å². The Hall–Kier alpha value is -4.06. The fourth-order valence-electron chi connectivity index (χ4n) is 11.4. The van der Waals surface area contributed by atoms with Gasteiger partial charge in [-0.15, -0.1) is 6.42 Å². The Bertz CT molecular complexity index is 2280. The highest BCUT2D eigenvalue weighted by atomic mass is 16.7. The van der Waals surface area contributed by atoms with Crippen LogP contribution in [0.3, 0.4) is 0 Å². The van der Waals surface area contributed by atoms with Gasteiger partial charge in [-0.3, -0.25) is 4.79 Å². The highest BCUT2D eigenvalue weighted by Crippen LogP contribution is 2.40. The molecule has 0 saturated carbocycles. The summed E-state index contributed by atoms with van der Waals surface area (Å²) >= 11 is 0. The predicted octanol–water partition coefficient (Wildman–Crippen LogP) is 3.70. The van der Waals surface area contributed by atoms with E-state index in [1.165, 1.54) is 19.0 Å². The number of aliphatic hydroxyl groups is 5. The molecule has 424 valence electrons. The molecule has 0 radical (unpaired) electrons. The highest BCUT2D eigenvalue weighted by Gasteiger charge is 2.53. The minimum Gasteiger partial charge on any atom is -0.459 e. The van der Waals surface area contributed by atoms with E-state index in [0.29, 0.717) is 44.3 Å². The first-order chi connectivity index (χ1) is 35.7. The molecule has 0 unspecified atom stereocenters. The van der Waals surface area contributed by atoms with Gasteiger partial charge in [0.1, 0.15) is 35.7 Å². The average molecular weight is 1060 g/mol. The number of aliphatic hydroxyl groups excluding tert-OH is 3. The summed E-state index contributed by atoms with van der Waals surface area (Å²) < 4.78 is 38.6. The number of carbonyl (C=O) groups is 1. The summed E-state index contributed by atoms with van der Waals surface area (Å²) in [6.07, 6.45) is 2.07. The number of hydrogen-bond donors (Lipinski definition) is 7. The van der Waals surface area contributed by atoms with Gasteiger partial charge in [-0.25, -0.2) is 5.84 Å². The molecule has 18 nitrogen and oxygen atoms in total.